The quantitative estimate of drug-likeness (QED) is 0.635. The van der Waals surface area contributed by atoms with Crippen molar-refractivity contribution >= 4 is 0 Å². The molecule has 3 heterocycles. The third-order valence-corrected chi connectivity index (χ3v) is 3.43. The Morgan fingerprint density at radius 3 is 3.00 bits per heavy atom. The van der Waals surface area contributed by atoms with E-state index in [-0.39, 0.29) is 0 Å². The van der Waals surface area contributed by atoms with Gasteiger partial charge in [0, 0.05) is 36.6 Å². The summed E-state index contributed by atoms with van der Waals surface area (Å²) in [6.07, 6.45) is 8.99. The van der Waals surface area contributed by atoms with Crippen LogP contribution < -0.4 is 10.6 Å². The van der Waals surface area contributed by atoms with Crippen LogP contribution in [0.4, 0.5) is 0 Å². The third-order valence-electron chi connectivity index (χ3n) is 3.43. The summed E-state index contributed by atoms with van der Waals surface area (Å²) in [5, 5.41) is 7.17. The van der Waals surface area contributed by atoms with Gasteiger partial charge in [-0.25, -0.2) is 0 Å². The summed E-state index contributed by atoms with van der Waals surface area (Å²) < 4.78 is 0. The van der Waals surface area contributed by atoms with Crippen LogP contribution in [0.3, 0.4) is 0 Å². The van der Waals surface area contributed by atoms with E-state index in [4.69, 9.17) is 0 Å². The van der Waals surface area contributed by atoms with E-state index in [2.05, 4.69) is 39.9 Å². The van der Waals surface area contributed by atoms with Crippen LogP contribution in [0, 0.1) is 0 Å². The highest BCUT2D eigenvalue weighted by Crippen LogP contribution is 2.27. The van der Waals surface area contributed by atoms with Crippen molar-refractivity contribution < 1.29 is 0 Å². The van der Waals surface area contributed by atoms with Crippen molar-refractivity contribution in [3.63, 3.8) is 0 Å². The molecule has 3 rings (SSSR count). The molecule has 0 bridgehead atoms. The first-order chi connectivity index (χ1) is 7.43. The molecule has 3 N–H and O–H groups in total. The van der Waals surface area contributed by atoms with Gasteiger partial charge in [0.15, 0.2) is 0 Å². The highest BCUT2D eigenvalue weighted by molar-refractivity contribution is 5.15. The minimum Gasteiger partial charge on any atom is -0.364 e. The predicted molar refractivity (Wildman–Crippen MR) is 60.6 cm³/mol. The summed E-state index contributed by atoms with van der Waals surface area (Å²) in [4.78, 5) is 3.29. The van der Waals surface area contributed by atoms with Gasteiger partial charge in [-0.3, -0.25) is 0 Å². The molecule has 0 saturated carbocycles. The zero-order valence-electron chi connectivity index (χ0n) is 8.74. The molecule has 1 aromatic heterocycles. The van der Waals surface area contributed by atoms with Gasteiger partial charge in [-0.1, -0.05) is 12.2 Å². The first kappa shape index (κ1) is 9.19. The highest BCUT2D eigenvalue weighted by Gasteiger charge is 2.30. The van der Waals surface area contributed by atoms with E-state index >= 15 is 0 Å². The smallest absolute Gasteiger partial charge is 0.0476 e. The summed E-state index contributed by atoms with van der Waals surface area (Å²) in [6.45, 7) is 1.02. The Hall–Kier alpha value is -1.06. The van der Waals surface area contributed by atoms with Crippen molar-refractivity contribution in [2.75, 3.05) is 6.54 Å². The van der Waals surface area contributed by atoms with Crippen LogP contribution in [0.5, 0.6) is 0 Å². The van der Waals surface area contributed by atoms with Crippen LogP contribution in [0.2, 0.25) is 0 Å². The van der Waals surface area contributed by atoms with E-state index in [9.17, 15) is 0 Å². The molecular weight excluding hydrogens is 186 g/mol. The van der Waals surface area contributed by atoms with Crippen molar-refractivity contribution in [2.45, 2.75) is 31.0 Å². The fraction of sp³-hybridized carbons (Fsp3) is 0.500. The third kappa shape index (κ3) is 1.73. The van der Waals surface area contributed by atoms with Crippen LogP contribution in [-0.2, 0) is 0 Å². The second kappa shape index (κ2) is 3.83. The van der Waals surface area contributed by atoms with Gasteiger partial charge in [0.25, 0.3) is 0 Å². The van der Waals surface area contributed by atoms with Crippen molar-refractivity contribution in [1.29, 1.82) is 0 Å². The van der Waals surface area contributed by atoms with Gasteiger partial charge in [-0.15, -0.1) is 0 Å². The summed E-state index contributed by atoms with van der Waals surface area (Å²) in [6, 6.07) is 5.87. The lowest BCUT2D eigenvalue weighted by Crippen LogP contribution is -2.41. The molecule has 1 aromatic rings. The van der Waals surface area contributed by atoms with Gasteiger partial charge in [0.1, 0.15) is 0 Å². The van der Waals surface area contributed by atoms with Gasteiger partial charge in [-0.2, -0.15) is 0 Å². The molecule has 3 unspecified atom stereocenters. The molecule has 1 fully saturated rings. The number of H-pyrrole nitrogens is 1. The number of aromatic nitrogens is 1. The average molecular weight is 203 g/mol. The molecule has 15 heavy (non-hydrogen) atoms. The van der Waals surface area contributed by atoms with E-state index in [0.717, 1.165) is 6.54 Å². The first-order valence-corrected chi connectivity index (χ1v) is 5.73. The summed E-state index contributed by atoms with van der Waals surface area (Å²) in [5.74, 6) is 0. The van der Waals surface area contributed by atoms with Crippen LogP contribution in [0.25, 0.3) is 0 Å². The SMILES string of the molecule is C1=CC(C2CCC(c3ccc[nH]3)N2)NC1. The Morgan fingerprint density at radius 2 is 2.27 bits per heavy atom. The van der Waals surface area contributed by atoms with Crippen molar-refractivity contribution in [3.05, 3.63) is 36.2 Å². The Kier molecular flexibility index (Phi) is 2.35. The molecule has 0 spiro atoms. The zero-order valence-corrected chi connectivity index (χ0v) is 8.74. The Labute approximate surface area is 90.0 Å². The Balaban J connectivity index is 1.65. The molecule has 2 aliphatic heterocycles. The Bertz CT molecular complexity index is 342. The molecule has 0 radical (unpaired) electrons. The lowest BCUT2D eigenvalue weighted by molar-refractivity contribution is 0.468. The largest absolute Gasteiger partial charge is 0.364 e. The number of rotatable bonds is 2. The molecule has 0 aliphatic carbocycles. The molecule has 3 heteroatoms. The van der Waals surface area contributed by atoms with Crippen LogP contribution in [-0.4, -0.2) is 23.6 Å². The molecule has 0 aromatic carbocycles. The molecular formula is C12H17N3. The summed E-state index contributed by atoms with van der Waals surface area (Å²) in [7, 11) is 0. The van der Waals surface area contributed by atoms with E-state index < -0.39 is 0 Å². The topological polar surface area (TPSA) is 39.9 Å². The fourth-order valence-electron chi connectivity index (χ4n) is 2.62. The fourth-order valence-corrected chi connectivity index (χ4v) is 2.62. The standard InChI is InChI=1S/C12H17N3/c1-3-9(13-7-1)11-5-6-12(15-11)10-4-2-8-14-10/h1-4,7,10-15H,5-6,8H2. The number of hydrogen-bond acceptors (Lipinski definition) is 2. The lowest BCUT2D eigenvalue weighted by atomic mass is 10.1. The zero-order chi connectivity index (χ0) is 10.1. The van der Waals surface area contributed by atoms with Crippen LogP contribution >= 0.6 is 0 Å². The average Bonchev–Trinajstić information content (AvgIpc) is 3.02. The maximum absolute atomic E-state index is 3.69. The predicted octanol–water partition coefficient (Wildman–Crippen LogP) is 1.34. The minimum atomic E-state index is 0.515. The van der Waals surface area contributed by atoms with E-state index in [1.54, 1.807) is 0 Å². The number of hydrogen-bond donors (Lipinski definition) is 3. The second-order valence-corrected chi connectivity index (χ2v) is 4.39. The molecule has 80 valence electrons. The first-order valence-electron chi connectivity index (χ1n) is 5.73. The minimum absolute atomic E-state index is 0.515. The molecule has 1 saturated heterocycles. The van der Waals surface area contributed by atoms with Gasteiger partial charge in [0.2, 0.25) is 0 Å². The van der Waals surface area contributed by atoms with Gasteiger partial charge in [-0.05, 0) is 25.0 Å². The molecule has 0 amide bonds. The maximum Gasteiger partial charge on any atom is 0.0476 e. The molecule has 2 aliphatic rings. The van der Waals surface area contributed by atoms with Crippen molar-refractivity contribution in [3.8, 4) is 0 Å². The van der Waals surface area contributed by atoms with Gasteiger partial charge in [0.05, 0.1) is 0 Å². The highest BCUT2D eigenvalue weighted by atomic mass is 15.1. The maximum atomic E-state index is 3.69. The normalized spacial score (nSPS) is 35.1. The number of aromatic amines is 1. The Morgan fingerprint density at radius 1 is 1.27 bits per heavy atom. The summed E-state index contributed by atoms with van der Waals surface area (Å²) in [5.41, 5.74) is 1.32. The van der Waals surface area contributed by atoms with E-state index in [1.807, 2.05) is 6.20 Å². The molecule has 3 nitrogen and oxygen atoms in total. The lowest BCUT2D eigenvalue weighted by Gasteiger charge is -2.19. The van der Waals surface area contributed by atoms with Crippen LogP contribution in [0.1, 0.15) is 24.6 Å². The van der Waals surface area contributed by atoms with Crippen molar-refractivity contribution in [1.82, 2.24) is 15.6 Å². The van der Waals surface area contributed by atoms with Crippen molar-refractivity contribution in [2.24, 2.45) is 0 Å². The van der Waals surface area contributed by atoms with Crippen LogP contribution in [0.15, 0.2) is 30.5 Å². The monoisotopic (exact) mass is 203 g/mol. The molecule has 3 atom stereocenters. The summed E-state index contributed by atoms with van der Waals surface area (Å²) >= 11 is 0. The second-order valence-electron chi connectivity index (χ2n) is 4.39. The van der Waals surface area contributed by atoms with Gasteiger partial charge < -0.3 is 15.6 Å². The number of nitrogens with one attached hydrogen (secondary N) is 3. The van der Waals surface area contributed by atoms with Gasteiger partial charge >= 0.3 is 0 Å². The van der Waals surface area contributed by atoms with E-state index in [0.29, 0.717) is 18.1 Å². The van der Waals surface area contributed by atoms with E-state index in [1.165, 1.54) is 18.5 Å².